The number of nitrogens with zero attached hydrogens (tertiary/aromatic N) is 1. The lowest BCUT2D eigenvalue weighted by Gasteiger charge is -2.53. The van der Waals surface area contributed by atoms with Crippen LogP contribution in [0.5, 0.6) is 0 Å². The summed E-state index contributed by atoms with van der Waals surface area (Å²) < 4.78 is 0. The van der Waals surface area contributed by atoms with Crippen molar-refractivity contribution in [3.8, 4) is 0 Å². The molecule has 0 radical (unpaired) electrons. The minimum Gasteiger partial charge on any atom is -0.260 e. The molecule has 1 heterocycles. The number of aromatic nitrogens is 1. The first-order valence-corrected chi connectivity index (χ1v) is 7.68. The van der Waals surface area contributed by atoms with Crippen LogP contribution in [0.15, 0.2) is 54.7 Å². The summed E-state index contributed by atoms with van der Waals surface area (Å²) >= 11 is 0. The number of rotatable bonds is 2. The molecule has 0 saturated heterocycles. The van der Waals surface area contributed by atoms with Gasteiger partial charge in [0.05, 0.1) is 5.69 Å². The first kappa shape index (κ1) is 15.8. The van der Waals surface area contributed by atoms with Gasteiger partial charge >= 0.3 is 0 Å². The van der Waals surface area contributed by atoms with E-state index in [9.17, 15) is 0 Å². The Kier molecular flexibility index (Phi) is 3.97. The third kappa shape index (κ3) is 2.50. The van der Waals surface area contributed by atoms with E-state index in [1.165, 1.54) is 5.56 Å². The molecule has 0 saturated carbocycles. The Morgan fingerprint density at radius 3 is 1.62 bits per heavy atom. The number of pyridine rings is 1. The Balaban J connectivity index is 2.87. The maximum atomic E-state index is 4.76. The summed E-state index contributed by atoms with van der Waals surface area (Å²) in [4.78, 5) is 4.76. The van der Waals surface area contributed by atoms with E-state index in [0.29, 0.717) is 0 Å². The van der Waals surface area contributed by atoms with E-state index >= 15 is 0 Å². The highest BCUT2D eigenvalue weighted by Crippen LogP contribution is 2.56. The normalized spacial score (nSPS) is 13.2. The Morgan fingerprint density at radius 1 is 0.667 bits per heavy atom. The molecule has 0 unspecified atom stereocenters. The fourth-order valence-electron chi connectivity index (χ4n) is 4.18. The molecule has 1 nitrogen and oxygen atoms in total. The maximum Gasteiger partial charge on any atom is 0.0519 e. The van der Waals surface area contributed by atoms with Crippen LogP contribution in [0.2, 0.25) is 0 Å². The second-order valence-electron chi connectivity index (χ2n) is 7.83. The highest BCUT2D eigenvalue weighted by atomic mass is 14.7. The fraction of sp³-hybridized carbons (Fsp3) is 0.450. The molecule has 0 spiro atoms. The molecule has 0 amide bonds. The lowest BCUT2D eigenvalue weighted by Crippen LogP contribution is -2.51. The summed E-state index contributed by atoms with van der Waals surface area (Å²) in [5, 5.41) is 0. The van der Waals surface area contributed by atoms with E-state index in [4.69, 9.17) is 4.98 Å². The summed E-state index contributed by atoms with van der Waals surface area (Å²) in [5.74, 6) is 0. The fourth-order valence-corrected chi connectivity index (χ4v) is 4.18. The summed E-state index contributed by atoms with van der Waals surface area (Å²) in [7, 11) is 0. The van der Waals surface area contributed by atoms with Crippen LogP contribution in [0.3, 0.4) is 0 Å². The quantitative estimate of drug-likeness (QED) is 0.712. The van der Waals surface area contributed by atoms with E-state index < -0.39 is 0 Å². The standard InChI is InChI=1S/C20H27N/c1-18(2,3)20(19(4,5)6,16-12-8-7-9-13-16)17-14-10-11-15-21-17/h7-15H,1-6H3. The van der Waals surface area contributed by atoms with E-state index in [2.05, 4.69) is 84.0 Å². The van der Waals surface area contributed by atoms with Crippen LogP contribution in [-0.4, -0.2) is 4.98 Å². The second-order valence-corrected chi connectivity index (χ2v) is 7.83. The Hall–Kier alpha value is -1.63. The predicted octanol–water partition coefficient (Wildman–Crippen LogP) is 5.46. The Morgan fingerprint density at radius 2 is 1.19 bits per heavy atom. The molecule has 0 atom stereocenters. The first-order chi connectivity index (χ1) is 9.71. The molecule has 1 aromatic heterocycles. The van der Waals surface area contributed by atoms with Gasteiger partial charge in [0.1, 0.15) is 0 Å². The first-order valence-electron chi connectivity index (χ1n) is 7.68. The molecule has 0 aliphatic heterocycles. The molecule has 0 bridgehead atoms. The minimum absolute atomic E-state index is 0.0426. The molecule has 0 aliphatic rings. The maximum absolute atomic E-state index is 4.76. The molecule has 1 heteroatoms. The zero-order chi connectivity index (χ0) is 15.7. The van der Waals surface area contributed by atoms with Crippen molar-refractivity contribution in [1.29, 1.82) is 0 Å². The molecule has 2 aromatic rings. The monoisotopic (exact) mass is 281 g/mol. The van der Waals surface area contributed by atoms with Gasteiger partial charge in [-0.2, -0.15) is 0 Å². The average molecular weight is 281 g/mol. The van der Waals surface area contributed by atoms with Crippen LogP contribution in [0.25, 0.3) is 0 Å². The summed E-state index contributed by atoms with van der Waals surface area (Å²) in [6.45, 7) is 13.9. The van der Waals surface area contributed by atoms with Crippen LogP contribution < -0.4 is 0 Å². The molecule has 112 valence electrons. The lowest BCUT2D eigenvalue weighted by molar-refractivity contribution is 0.0865. The van der Waals surface area contributed by atoms with Crippen molar-refractivity contribution in [2.75, 3.05) is 0 Å². The highest BCUT2D eigenvalue weighted by molar-refractivity contribution is 5.41. The van der Waals surface area contributed by atoms with Gasteiger partial charge < -0.3 is 0 Å². The SMILES string of the molecule is CC(C)(C)C(c1ccccc1)(c1ccccn1)C(C)(C)C. The molecule has 1 aromatic carbocycles. The molecule has 2 rings (SSSR count). The van der Waals surface area contributed by atoms with Gasteiger partial charge in [-0.1, -0.05) is 77.9 Å². The third-order valence-corrected chi connectivity index (χ3v) is 4.51. The van der Waals surface area contributed by atoms with Crippen LogP contribution in [0.1, 0.15) is 52.8 Å². The van der Waals surface area contributed by atoms with Crippen LogP contribution >= 0.6 is 0 Å². The van der Waals surface area contributed by atoms with E-state index in [-0.39, 0.29) is 16.2 Å². The summed E-state index contributed by atoms with van der Waals surface area (Å²) in [6.07, 6.45) is 1.91. The van der Waals surface area contributed by atoms with Gasteiger partial charge in [0.2, 0.25) is 0 Å². The topological polar surface area (TPSA) is 12.9 Å². The van der Waals surface area contributed by atoms with Gasteiger partial charge in [-0.05, 0) is 28.5 Å². The van der Waals surface area contributed by atoms with Crippen LogP contribution in [-0.2, 0) is 5.41 Å². The van der Waals surface area contributed by atoms with Crippen molar-refractivity contribution in [2.45, 2.75) is 47.0 Å². The molecule has 0 aliphatic carbocycles. The summed E-state index contributed by atoms with van der Waals surface area (Å²) in [5.41, 5.74) is 2.42. The van der Waals surface area contributed by atoms with E-state index in [0.717, 1.165) is 5.69 Å². The molecular formula is C20H27N. The molecule has 21 heavy (non-hydrogen) atoms. The van der Waals surface area contributed by atoms with E-state index in [1.807, 2.05) is 12.3 Å². The van der Waals surface area contributed by atoms with Crippen molar-refractivity contribution in [3.63, 3.8) is 0 Å². The van der Waals surface area contributed by atoms with Crippen molar-refractivity contribution >= 4 is 0 Å². The largest absolute Gasteiger partial charge is 0.260 e. The highest BCUT2D eigenvalue weighted by Gasteiger charge is 2.53. The zero-order valence-corrected chi connectivity index (χ0v) is 14.1. The van der Waals surface area contributed by atoms with Gasteiger partial charge in [-0.3, -0.25) is 4.98 Å². The van der Waals surface area contributed by atoms with Gasteiger partial charge in [0.25, 0.3) is 0 Å². The molecular weight excluding hydrogens is 254 g/mol. The smallest absolute Gasteiger partial charge is 0.0519 e. The average Bonchev–Trinajstić information content (AvgIpc) is 2.38. The van der Waals surface area contributed by atoms with Crippen molar-refractivity contribution in [3.05, 3.63) is 66.0 Å². The molecule has 0 fully saturated rings. The van der Waals surface area contributed by atoms with Crippen LogP contribution in [0, 0.1) is 10.8 Å². The number of hydrogen-bond acceptors (Lipinski definition) is 1. The van der Waals surface area contributed by atoms with Gasteiger partial charge in [-0.25, -0.2) is 0 Å². The summed E-state index contributed by atoms with van der Waals surface area (Å²) in [6, 6.07) is 17.1. The number of hydrogen-bond donors (Lipinski definition) is 0. The second kappa shape index (κ2) is 5.29. The van der Waals surface area contributed by atoms with Crippen LogP contribution in [0.4, 0.5) is 0 Å². The van der Waals surface area contributed by atoms with Crippen molar-refractivity contribution in [2.24, 2.45) is 10.8 Å². The van der Waals surface area contributed by atoms with Crippen molar-refractivity contribution < 1.29 is 0 Å². The van der Waals surface area contributed by atoms with Crippen molar-refractivity contribution in [1.82, 2.24) is 4.98 Å². The predicted molar refractivity (Wildman–Crippen MR) is 90.4 cm³/mol. The Bertz CT molecular complexity index is 515. The minimum atomic E-state index is -0.150. The van der Waals surface area contributed by atoms with Gasteiger partial charge in [0, 0.05) is 11.6 Å². The van der Waals surface area contributed by atoms with E-state index in [1.54, 1.807) is 0 Å². The molecule has 0 N–H and O–H groups in total. The van der Waals surface area contributed by atoms with Gasteiger partial charge in [-0.15, -0.1) is 0 Å². The lowest BCUT2D eigenvalue weighted by atomic mass is 9.49. The Labute approximate surface area is 129 Å². The zero-order valence-electron chi connectivity index (χ0n) is 14.1. The van der Waals surface area contributed by atoms with Gasteiger partial charge in [0.15, 0.2) is 0 Å². The number of benzene rings is 1. The third-order valence-electron chi connectivity index (χ3n) is 4.51.